The lowest BCUT2D eigenvalue weighted by atomic mass is 9.91. The van der Waals surface area contributed by atoms with Crippen molar-refractivity contribution >= 4 is 17.1 Å². The average molecular weight is 626 g/mol. The molecule has 0 heterocycles. The van der Waals surface area contributed by atoms with Crippen molar-refractivity contribution in [3.8, 4) is 55.6 Å². The molecule has 0 aliphatic heterocycles. The molecule has 0 amide bonds. The molecule has 0 aliphatic carbocycles. The summed E-state index contributed by atoms with van der Waals surface area (Å²) in [5.74, 6) is 0. The highest BCUT2D eigenvalue weighted by Crippen LogP contribution is 2.40. The predicted octanol–water partition coefficient (Wildman–Crippen LogP) is 13.5. The number of hydrogen-bond acceptors (Lipinski definition) is 1. The molecule has 0 saturated heterocycles. The highest BCUT2D eigenvalue weighted by molar-refractivity contribution is 5.88. The van der Waals surface area contributed by atoms with E-state index >= 15 is 0 Å². The van der Waals surface area contributed by atoms with Gasteiger partial charge in [0.05, 0.1) is 0 Å². The summed E-state index contributed by atoms with van der Waals surface area (Å²) in [5, 5.41) is 0. The maximum absolute atomic E-state index is 2.36. The summed E-state index contributed by atoms with van der Waals surface area (Å²) in [4.78, 5) is 2.36. The van der Waals surface area contributed by atoms with Crippen molar-refractivity contribution in [3.63, 3.8) is 0 Å². The summed E-state index contributed by atoms with van der Waals surface area (Å²) in [6, 6.07) is 76.0. The van der Waals surface area contributed by atoms with Gasteiger partial charge in [0, 0.05) is 17.1 Å². The molecule has 0 aromatic heterocycles. The summed E-state index contributed by atoms with van der Waals surface area (Å²) >= 11 is 0. The van der Waals surface area contributed by atoms with E-state index in [0.717, 1.165) is 17.1 Å². The van der Waals surface area contributed by atoms with Gasteiger partial charge in [0.1, 0.15) is 0 Å². The molecule has 0 radical (unpaired) electrons. The van der Waals surface area contributed by atoms with Crippen molar-refractivity contribution in [2.24, 2.45) is 0 Å². The largest absolute Gasteiger partial charge is 0.310 e. The summed E-state index contributed by atoms with van der Waals surface area (Å²) in [5.41, 5.74) is 15.3. The van der Waals surface area contributed by atoms with Gasteiger partial charge in [-0.1, -0.05) is 170 Å². The summed E-state index contributed by atoms with van der Waals surface area (Å²) in [6.07, 6.45) is 0. The maximum atomic E-state index is 2.36. The standard InChI is InChI=1S/C48H35N/c1-5-15-36(16-6-1)38-27-30-44(31-28-38)49(45-25-13-23-41(33-45)37-17-7-2-8-18-37)46-26-14-24-42(34-46)43-29-32-47(39-19-9-3-10-20-39)48(35-43)40-21-11-4-12-22-40/h1-35H. The smallest absolute Gasteiger partial charge is 0.0467 e. The van der Waals surface area contributed by atoms with Gasteiger partial charge in [-0.25, -0.2) is 0 Å². The van der Waals surface area contributed by atoms with Crippen molar-refractivity contribution in [1.82, 2.24) is 0 Å². The Kier molecular flexibility index (Phi) is 8.39. The number of nitrogens with zero attached hydrogens (tertiary/aromatic N) is 1. The summed E-state index contributed by atoms with van der Waals surface area (Å²) in [7, 11) is 0. The zero-order chi connectivity index (χ0) is 32.8. The Hall–Kier alpha value is -6.44. The van der Waals surface area contributed by atoms with E-state index in [1.54, 1.807) is 0 Å². The van der Waals surface area contributed by atoms with Crippen molar-refractivity contribution in [3.05, 3.63) is 212 Å². The van der Waals surface area contributed by atoms with Gasteiger partial charge in [0.2, 0.25) is 0 Å². The van der Waals surface area contributed by atoms with E-state index in [9.17, 15) is 0 Å². The first-order chi connectivity index (χ1) is 24.3. The Morgan fingerprint density at radius 2 is 0.571 bits per heavy atom. The first-order valence-electron chi connectivity index (χ1n) is 16.8. The van der Waals surface area contributed by atoms with Crippen molar-refractivity contribution in [1.29, 1.82) is 0 Å². The topological polar surface area (TPSA) is 3.24 Å². The van der Waals surface area contributed by atoms with E-state index in [2.05, 4.69) is 217 Å². The van der Waals surface area contributed by atoms with Crippen LogP contribution in [0.2, 0.25) is 0 Å². The van der Waals surface area contributed by atoms with Crippen LogP contribution in [0.5, 0.6) is 0 Å². The lowest BCUT2D eigenvalue weighted by molar-refractivity contribution is 1.28. The zero-order valence-electron chi connectivity index (χ0n) is 27.2. The summed E-state index contributed by atoms with van der Waals surface area (Å²) in [6.45, 7) is 0. The lowest BCUT2D eigenvalue weighted by Crippen LogP contribution is -2.10. The molecular weight excluding hydrogens is 591 g/mol. The van der Waals surface area contributed by atoms with Gasteiger partial charge in [-0.2, -0.15) is 0 Å². The second-order valence-corrected chi connectivity index (χ2v) is 12.2. The van der Waals surface area contributed by atoms with Gasteiger partial charge in [-0.05, 0) is 98.1 Å². The van der Waals surface area contributed by atoms with Crippen LogP contribution in [0.3, 0.4) is 0 Å². The fourth-order valence-electron chi connectivity index (χ4n) is 6.61. The highest BCUT2D eigenvalue weighted by atomic mass is 15.1. The van der Waals surface area contributed by atoms with E-state index in [0.29, 0.717) is 0 Å². The molecule has 0 saturated carbocycles. The molecule has 49 heavy (non-hydrogen) atoms. The predicted molar refractivity (Wildman–Crippen MR) is 208 cm³/mol. The molecule has 0 N–H and O–H groups in total. The van der Waals surface area contributed by atoms with Crippen LogP contribution in [0.25, 0.3) is 55.6 Å². The first kappa shape index (κ1) is 29.9. The molecule has 0 aliphatic rings. The summed E-state index contributed by atoms with van der Waals surface area (Å²) < 4.78 is 0. The average Bonchev–Trinajstić information content (AvgIpc) is 3.20. The normalized spacial score (nSPS) is 10.9. The van der Waals surface area contributed by atoms with Crippen LogP contribution in [-0.2, 0) is 0 Å². The Morgan fingerprint density at radius 3 is 1.10 bits per heavy atom. The van der Waals surface area contributed by atoms with E-state index in [4.69, 9.17) is 0 Å². The Labute approximate surface area is 289 Å². The molecule has 0 atom stereocenters. The van der Waals surface area contributed by atoms with Crippen LogP contribution < -0.4 is 4.90 Å². The van der Waals surface area contributed by atoms with E-state index < -0.39 is 0 Å². The van der Waals surface area contributed by atoms with Gasteiger partial charge in [-0.3, -0.25) is 0 Å². The monoisotopic (exact) mass is 625 g/mol. The molecule has 232 valence electrons. The van der Waals surface area contributed by atoms with Crippen LogP contribution in [0.1, 0.15) is 0 Å². The second kappa shape index (κ2) is 13.7. The van der Waals surface area contributed by atoms with Gasteiger partial charge in [0.15, 0.2) is 0 Å². The Balaban J connectivity index is 1.24. The molecule has 8 aromatic carbocycles. The number of anilines is 3. The number of hydrogen-bond donors (Lipinski definition) is 0. The Bertz CT molecular complexity index is 2290. The van der Waals surface area contributed by atoms with Crippen molar-refractivity contribution in [2.45, 2.75) is 0 Å². The first-order valence-corrected chi connectivity index (χ1v) is 16.8. The quantitative estimate of drug-likeness (QED) is 0.162. The molecule has 0 fully saturated rings. The van der Waals surface area contributed by atoms with Crippen LogP contribution in [0, 0.1) is 0 Å². The SMILES string of the molecule is c1ccc(-c2ccc(N(c3cccc(-c4ccccc4)c3)c3cccc(-c4ccc(-c5ccccc5)c(-c5ccccc5)c4)c3)cc2)cc1. The molecule has 0 bridgehead atoms. The molecule has 8 rings (SSSR count). The third-order valence-electron chi connectivity index (χ3n) is 9.07. The van der Waals surface area contributed by atoms with E-state index in [-0.39, 0.29) is 0 Å². The second-order valence-electron chi connectivity index (χ2n) is 12.2. The van der Waals surface area contributed by atoms with Crippen LogP contribution in [-0.4, -0.2) is 0 Å². The van der Waals surface area contributed by atoms with Gasteiger partial charge in [-0.15, -0.1) is 0 Å². The zero-order valence-corrected chi connectivity index (χ0v) is 27.2. The van der Waals surface area contributed by atoms with Gasteiger partial charge >= 0.3 is 0 Å². The minimum absolute atomic E-state index is 1.10. The minimum atomic E-state index is 1.10. The van der Waals surface area contributed by atoms with Crippen molar-refractivity contribution < 1.29 is 0 Å². The van der Waals surface area contributed by atoms with E-state index in [1.165, 1.54) is 55.6 Å². The van der Waals surface area contributed by atoms with Crippen LogP contribution in [0.15, 0.2) is 212 Å². The minimum Gasteiger partial charge on any atom is -0.310 e. The third kappa shape index (κ3) is 6.43. The van der Waals surface area contributed by atoms with Gasteiger partial charge < -0.3 is 4.90 Å². The van der Waals surface area contributed by atoms with Gasteiger partial charge in [0.25, 0.3) is 0 Å². The molecular formula is C48H35N. The van der Waals surface area contributed by atoms with Crippen LogP contribution in [0.4, 0.5) is 17.1 Å². The maximum Gasteiger partial charge on any atom is 0.0467 e. The third-order valence-corrected chi connectivity index (χ3v) is 9.07. The lowest BCUT2D eigenvalue weighted by Gasteiger charge is -2.27. The molecule has 1 heteroatoms. The number of benzene rings is 8. The molecule has 1 nitrogen and oxygen atoms in total. The van der Waals surface area contributed by atoms with E-state index in [1.807, 2.05) is 0 Å². The Morgan fingerprint density at radius 1 is 0.204 bits per heavy atom. The number of rotatable bonds is 8. The fraction of sp³-hybridized carbons (Fsp3) is 0. The molecule has 8 aromatic rings. The molecule has 0 unspecified atom stereocenters. The fourth-order valence-corrected chi connectivity index (χ4v) is 6.61. The molecule has 0 spiro atoms. The van der Waals surface area contributed by atoms with Crippen LogP contribution >= 0.6 is 0 Å². The highest BCUT2D eigenvalue weighted by Gasteiger charge is 2.16. The van der Waals surface area contributed by atoms with Crippen molar-refractivity contribution in [2.75, 3.05) is 4.90 Å².